The maximum absolute atomic E-state index is 12.5. The Morgan fingerprint density at radius 2 is 1.61 bits per heavy atom. The van der Waals surface area contributed by atoms with Gasteiger partial charge in [-0.25, -0.2) is 0 Å². The normalized spacial score (nSPS) is 11.3. The van der Waals surface area contributed by atoms with E-state index in [2.05, 4.69) is 0 Å². The summed E-state index contributed by atoms with van der Waals surface area (Å²) in [5, 5.41) is 9.00. The van der Waals surface area contributed by atoms with Crippen LogP contribution in [0.5, 0.6) is 0 Å². The van der Waals surface area contributed by atoms with Gasteiger partial charge in [-0.15, -0.1) is 0 Å². The first kappa shape index (κ1) is 14.4. The van der Waals surface area contributed by atoms with Crippen molar-refractivity contribution in [3.63, 3.8) is 0 Å². The number of carboxylic acids is 1. The molecule has 0 unspecified atom stereocenters. The Balaban J connectivity index is 3.09. The van der Waals surface area contributed by atoms with Crippen molar-refractivity contribution in [3.8, 4) is 0 Å². The van der Waals surface area contributed by atoms with E-state index < -0.39 is 11.4 Å². The minimum atomic E-state index is -0.917. The molecule has 0 bridgehead atoms. The molecule has 1 aromatic rings. The molecule has 1 aromatic carbocycles. The molecule has 0 aliphatic carbocycles. The summed E-state index contributed by atoms with van der Waals surface area (Å²) >= 11 is 0. The van der Waals surface area contributed by atoms with Crippen LogP contribution in [-0.2, 0) is 4.79 Å². The van der Waals surface area contributed by atoms with Crippen molar-refractivity contribution >= 4 is 11.8 Å². The smallest absolute Gasteiger partial charge is 0.304 e. The minimum Gasteiger partial charge on any atom is -0.481 e. The van der Waals surface area contributed by atoms with Gasteiger partial charge < -0.3 is 5.11 Å². The number of aliphatic carboxylic acids is 1. The number of hydrogen-bond donors (Lipinski definition) is 1. The lowest BCUT2D eigenvalue weighted by molar-refractivity contribution is -0.139. The summed E-state index contributed by atoms with van der Waals surface area (Å²) in [5.74, 6) is -0.978. The van der Waals surface area contributed by atoms with Crippen molar-refractivity contribution in [3.05, 3.63) is 35.4 Å². The topological polar surface area (TPSA) is 54.4 Å². The van der Waals surface area contributed by atoms with E-state index in [1.54, 1.807) is 12.1 Å². The van der Waals surface area contributed by atoms with Crippen LogP contribution in [0.4, 0.5) is 0 Å². The zero-order valence-corrected chi connectivity index (χ0v) is 11.2. The molecule has 0 radical (unpaired) electrons. The Hall–Kier alpha value is -1.64. The van der Waals surface area contributed by atoms with Gasteiger partial charge in [0.15, 0.2) is 5.78 Å². The molecular formula is C15H20O3. The van der Waals surface area contributed by atoms with E-state index in [4.69, 9.17) is 5.11 Å². The quantitative estimate of drug-likeness (QED) is 0.784. The molecule has 0 heterocycles. The number of ketones is 1. The number of benzene rings is 1. The van der Waals surface area contributed by atoms with E-state index in [0.717, 1.165) is 5.56 Å². The fourth-order valence-corrected chi connectivity index (χ4v) is 2.20. The van der Waals surface area contributed by atoms with Crippen molar-refractivity contribution < 1.29 is 14.7 Å². The summed E-state index contributed by atoms with van der Waals surface area (Å²) in [6.07, 6.45) is 0.984. The molecule has 0 aromatic heterocycles. The predicted octanol–water partition coefficient (Wildman–Crippen LogP) is 3.46. The molecule has 0 spiro atoms. The van der Waals surface area contributed by atoms with Crippen LogP contribution in [0, 0.1) is 12.3 Å². The fraction of sp³-hybridized carbons (Fsp3) is 0.467. The Morgan fingerprint density at radius 1 is 1.11 bits per heavy atom. The third-order valence-corrected chi connectivity index (χ3v) is 3.64. The van der Waals surface area contributed by atoms with Crippen LogP contribution >= 0.6 is 0 Å². The van der Waals surface area contributed by atoms with Crippen LogP contribution in [0.3, 0.4) is 0 Å². The number of aryl methyl sites for hydroxylation is 1. The molecule has 3 heteroatoms. The first-order valence-electron chi connectivity index (χ1n) is 6.28. The van der Waals surface area contributed by atoms with Crippen LogP contribution in [0.25, 0.3) is 0 Å². The number of hydrogen-bond acceptors (Lipinski definition) is 2. The Morgan fingerprint density at radius 3 is 2.00 bits per heavy atom. The number of carboxylic acid groups (broad SMARTS) is 1. The average molecular weight is 248 g/mol. The second kappa shape index (κ2) is 5.80. The van der Waals surface area contributed by atoms with E-state index in [-0.39, 0.29) is 12.2 Å². The average Bonchev–Trinajstić information content (AvgIpc) is 2.36. The van der Waals surface area contributed by atoms with Gasteiger partial charge in [0.1, 0.15) is 0 Å². The number of carbonyl (C=O) groups excluding carboxylic acids is 1. The van der Waals surface area contributed by atoms with E-state index in [1.807, 2.05) is 32.9 Å². The Kier molecular flexibility index (Phi) is 4.65. The van der Waals surface area contributed by atoms with Crippen molar-refractivity contribution in [1.82, 2.24) is 0 Å². The highest BCUT2D eigenvalue weighted by Gasteiger charge is 2.37. The monoisotopic (exact) mass is 248 g/mol. The number of rotatable bonds is 6. The molecule has 0 amide bonds. The molecule has 0 saturated heterocycles. The number of Topliss-reactive ketones (excluding diaryl/α,β-unsaturated/α-hetero) is 1. The molecule has 0 fully saturated rings. The summed E-state index contributed by atoms with van der Waals surface area (Å²) in [4.78, 5) is 23.5. The van der Waals surface area contributed by atoms with Crippen LogP contribution in [0.2, 0.25) is 0 Å². The summed E-state index contributed by atoms with van der Waals surface area (Å²) in [7, 11) is 0. The third-order valence-electron chi connectivity index (χ3n) is 3.64. The van der Waals surface area contributed by atoms with Gasteiger partial charge in [0, 0.05) is 11.0 Å². The van der Waals surface area contributed by atoms with Crippen molar-refractivity contribution in [2.45, 2.75) is 40.0 Å². The second-order valence-electron chi connectivity index (χ2n) is 4.75. The highest BCUT2D eigenvalue weighted by atomic mass is 16.4. The van der Waals surface area contributed by atoms with Gasteiger partial charge >= 0.3 is 5.97 Å². The Labute approximate surface area is 108 Å². The van der Waals surface area contributed by atoms with Crippen molar-refractivity contribution in [1.29, 1.82) is 0 Å². The van der Waals surface area contributed by atoms with E-state index >= 15 is 0 Å². The first-order valence-corrected chi connectivity index (χ1v) is 6.28. The van der Waals surface area contributed by atoms with Gasteiger partial charge in [0.05, 0.1) is 6.42 Å². The molecule has 3 nitrogen and oxygen atoms in total. The first-order chi connectivity index (χ1) is 8.45. The highest BCUT2D eigenvalue weighted by Crippen LogP contribution is 2.34. The molecule has 1 N–H and O–H groups in total. The maximum atomic E-state index is 12.5. The largest absolute Gasteiger partial charge is 0.481 e. The molecule has 1 rings (SSSR count). The molecule has 0 aliphatic rings. The van der Waals surface area contributed by atoms with Gasteiger partial charge in [0.2, 0.25) is 0 Å². The van der Waals surface area contributed by atoms with Gasteiger partial charge in [-0.1, -0.05) is 43.7 Å². The maximum Gasteiger partial charge on any atom is 0.304 e. The standard InChI is InChI=1S/C15H20O3/c1-4-15(5-2,10-13(16)17)14(18)12-8-6-11(3)7-9-12/h6-9H,4-5,10H2,1-3H3,(H,16,17). The van der Waals surface area contributed by atoms with Crippen molar-refractivity contribution in [2.75, 3.05) is 0 Å². The lowest BCUT2D eigenvalue weighted by Gasteiger charge is -2.28. The minimum absolute atomic E-state index is 0.0603. The van der Waals surface area contributed by atoms with E-state index in [9.17, 15) is 9.59 Å². The summed E-state index contributed by atoms with van der Waals surface area (Å²) < 4.78 is 0. The van der Waals surface area contributed by atoms with Gasteiger partial charge in [-0.2, -0.15) is 0 Å². The van der Waals surface area contributed by atoms with Crippen LogP contribution in [-0.4, -0.2) is 16.9 Å². The fourth-order valence-electron chi connectivity index (χ4n) is 2.20. The second-order valence-corrected chi connectivity index (χ2v) is 4.75. The zero-order chi connectivity index (χ0) is 13.8. The molecule has 0 saturated carbocycles. The van der Waals surface area contributed by atoms with Crippen LogP contribution < -0.4 is 0 Å². The summed E-state index contributed by atoms with van der Waals surface area (Å²) in [6, 6.07) is 7.31. The lowest BCUT2D eigenvalue weighted by Crippen LogP contribution is -2.32. The molecule has 0 aliphatic heterocycles. The van der Waals surface area contributed by atoms with E-state index in [1.165, 1.54) is 0 Å². The van der Waals surface area contributed by atoms with Crippen LogP contribution in [0.1, 0.15) is 49.0 Å². The van der Waals surface area contributed by atoms with Crippen molar-refractivity contribution in [2.24, 2.45) is 5.41 Å². The molecular weight excluding hydrogens is 228 g/mol. The predicted molar refractivity (Wildman–Crippen MR) is 70.8 cm³/mol. The zero-order valence-electron chi connectivity index (χ0n) is 11.2. The highest BCUT2D eigenvalue weighted by molar-refractivity contribution is 6.02. The SMILES string of the molecule is CCC(CC)(CC(=O)O)C(=O)c1ccc(C)cc1. The molecule has 18 heavy (non-hydrogen) atoms. The van der Waals surface area contributed by atoms with Gasteiger partial charge in [-0.05, 0) is 19.8 Å². The molecule has 0 atom stereocenters. The van der Waals surface area contributed by atoms with Crippen LogP contribution in [0.15, 0.2) is 24.3 Å². The summed E-state index contributed by atoms with van der Waals surface area (Å²) in [6.45, 7) is 5.70. The summed E-state index contributed by atoms with van der Waals surface area (Å²) in [5.41, 5.74) is 0.912. The third kappa shape index (κ3) is 2.97. The Bertz CT molecular complexity index is 428. The molecule has 98 valence electrons. The van der Waals surface area contributed by atoms with E-state index in [0.29, 0.717) is 18.4 Å². The lowest BCUT2D eigenvalue weighted by atomic mass is 9.73. The number of carbonyl (C=O) groups is 2. The van der Waals surface area contributed by atoms with Gasteiger partial charge in [0.25, 0.3) is 0 Å². The van der Waals surface area contributed by atoms with Gasteiger partial charge in [-0.3, -0.25) is 9.59 Å².